The molecule has 2 fully saturated rings. The van der Waals surface area contributed by atoms with Crippen LogP contribution in [0, 0.1) is 0 Å². The summed E-state index contributed by atoms with van der Waals surface area (Å²) < 4.78 is 19.2. The summed E-state index contributed by atoms with van der Waals surface area (Å²) in [6.45, 7) is 1.71. The molecule has 2 saturated heterocycles. The van der Waals surface area contributed by atoms with Crippen molar-refractivity contribution in [1.82, 2.24) is 0 Å². The highest BCUT2D eigenvalue weighted by atomic mass is 16.7. The number of methoxy groups -OCH3 is 1. The van der Waals surface area contributed by atoms with E-state index in [-0.39, 0.29) is 18.2 Å². The van der Waals surface area contributed by atoms with E-state index in [0.29, 0.717) is 4.39 Å². The van der Waals surface area contributed by atoms with Crippen LogP contribution in [0.15, 0.2) is 103 Å². The Balaban J connectivity index is 1.64. The molecule has 0 saturated carbocycles. The number of carbonyl (C=O) groups excluding carboxylic acids is 1. The van der Waals surface area contributed by atoms with Gasteiger partial charge in [-0.25, -0.2) is 4.79 Å². The average Bonchev–Trinajstić information content (AvgIpc) is 3.39. The van der Waals surface area contributed by atoms with Gasteiger partial charge in [0.2, 0.25) is 0 Å². The van der Waals surface area contributed by atoms with Crippen LogP contribution in [0.2, 0.25) is 0 Å². The highest BCUT2D eigenvalue weighted by molar-refractivity contribution is 6.66. The lowest BCUT2D eigenvalue weighted by atomic mass is 9.66. The van der Waals surface area contributed by atoms with Gasteiger partial charge in [0.1, 0.15) is 0 Å². The summed E-state index contributed by atoms with van der Waals surface area (Å²) in [5, 5.41) is 0. The molecule has 5 rings (SSSR count). The smallest absolute Gasteiger partial charge is 0.497 e. The van der Waals surface area contributed by atoms with Gasteiger partial charge in [-0.1, -0.05) is 91.0 Å². The quantitative estimate of drug-likeness (QED) is 0.287. The summed E-state index contributed by atoms with van der Waals surface area (Å²) in [4.78, 5) is 12.2. The summed E-state index contributed by atoms with van der Waals surface area (Å²) in [6.07, 6.45) is 1.17. The van der Waals surface area contributed by atoms with Crippen molar-refractivity contribution in [3.8, 4) is 0 Å². The summed E-state index contributed by atoms with van der Waals surface area (Å²) in [5.74, 6) is 1.41. The maximum atomic E-state index is 12.2. The maximum absolute atomic E-state index is 12.2. The molecule has 3 aromatic rings. The van der Waals surface area contributed by atoms with E-state index in [2.05, 4.69) is 55.5 Å². The Morgan fingerprint density at radius 3 is 1.82 bits per heavy atom. The molecule has 0 aliphatic carbocycles. The van der Waals surface area contributed by atoms with E-state index in [1.54, 1.807) is 0 Å². The van der Waals surface area contributed by atoms with Crippen molar-refractivity contribution >= 4 is 12.7 Å². The lowest BCUT2D eigenvalue weighted by Crippen LogP contribution is -2.62. The Bertz CT molecular complexity index is 1100. The van der Waals surface area contributed by atoms with E-state index in [1.165, 1.54) is 18.7 Å². The zero-order valence-corrected chi connectivity index (χ0v) is 19.6. The topological polar surface area (TPSA) is 44.8 Å². The molecule has 6 heteroatoms. The van der Waals surface area contributed by atoms with Gasteiger partial charge in [0.25, 0.3) is 0 Å². The molecule has 0 amide bonds. The van der Waals surface area contributed by atoms with Crippen molar-refractivity contribution in [2.24, 2.45) is 0 Å². The summed E-state index contributed by atoms with van der Waals surface area (Å²) in [5.41, 5.74) is 3.44. The fraction of sp³-hybridized carbons (Fsp3) is 0.250. The number of quaternary nitrogens is 1. The van der Waals surface area contributed by atoms with Crippen LogP contribution in [-0.2, 0) is 18.8 Å². The van der Waals surface area contributed by atoms with Gasteiger partial charge in [0, 0.05) is 5.56 Å². The number of esters is 1. The van der Waals surface area contributed by atoms with Crippen LogP contribution < -0.4 is 0 Å². The van der Waals surface area contributed by atoms with Crippen LogP contribution in [0.5, 0.6) is 0 Å². The number of hydrogen-bond acceptors (Lipinski definition) is 4. The standard InChI is InChI=1S/C28H30BNO4/c1-22(23-12-6-3-7-13-23)30-20-26(24-14-8-4-9-15-24)33-29(30,19-18-28(31)32-2)34-27(21-30)25-16-10-5-11-17-25/h3-19,22,26-27H,20-21H2,1-2H3/b19-18+/t22-,26+,27+,29?,30?/m1/s1. The second kappa shape index (κ2) is 9.22. The van der Waals surface area contributed by atoms with Gasteiger partial charge in [-0.15, -0.1) is 5.98 Å². The van der Waals surface area contributed by atoms with E-state index < -0.39 is 12.7 Å². The molecule has 3 aromatic carbocycles. The van der Waals surface area contributed by atoms with Gasteiger partial charge in [0.05, 0.1) is 38.4 Å². The zero-order valence-electron chi connectivity index (χ0n) is 19.6. The predicted octanol–water partition coefficient (Wildman–Crippen LogP) is 5.31. The van der Waals surface area contributed by atoms with Crippen LogP contribution in [-0.4, -0.2) is 37.2 Å². The Morgan fingerprint density at radius 2 is 1.35 bits per heavy atom. The number of fused-ring (bicyclic) bond motifs is 1. The molecular formula is C28H30BNO4. The van der Waals surface area contributed by atoms with Gasteiger partial charge >= 0.3 is 12.7 Å². The van der Waals surface area contributed by atoms with E-state index in [9.17, 15) is 4.79 Å². The second-order valence-electron chi connectivity index (χ2n) is 9.24. The first-order valence-electron chi connectivity index (χ1n) is 11.9. The van der Waals surface area contributed by atoms with Gasteiger partial charge in [-0.2, -0.15) is 0 Å². The molecule has 2 heterocycles. The number of benzene rings is 3. The highest BCUT2D eigenvalue weighted by Gasteiger charge is 2.64. The third-order valence-electron chi connectivity index (χ3n) is 7.52. The average molecular weight is 455 g/mol. The molecule has 34 heavy (non-hydrogen) atoms. The van der Waals surface area contributed by atoms with Crippen molar-refractivity contribution in [2.45, 2.75) is 25.2 Å². The summed E-state index contributed by atoms with van der Waals surface area (Å²) in [6, 6.07) is 31.1. The van der Waals surface area contributed by atoms with E-state index in [4.69, 9.17) is 14.0 Å². The molecule has 0 unspecified atom stereocenters. The van der Waals surface area contributed by atoms with Crippen molar-refractivity contribution in [3.05, 3.63) is 120 Å². The minimum Gasteiger partial charge on any atom is -0.500 e. The third kappa shape index (κ3) is 3.88. The first-order chi connectivity index (χ1) is 16.6. The predicted molar refractivity (Wildman–Crippen MR) is 132 cm³/mol. The van der Waals surface area contributed by atoms with Gasteiger partial charge in [-0.05, 0) is 24.1 Å². The van der Waals surface area contributed by atoms with Crippen LogP contribution in [0.1, 0.15) is 41.9 Å². The van der Waals surface area contributed by atoms with Crippen molar-refractivity contribution < 1.29 is 23.2 Å². The number of hydrogen-bond donors (Lipinski definition) is 0. The van der Waals surface area contributed by atoms with E-state index in [0.717, 1.165) is 24.2 Å². The molecule has 0 aromatic heterocycles. The Morgan fingerprint density at radius 1 is 0.882 bits per heavy atom. The molecule has 0 bridgehead atoms. The maximum Gasteiger partial charge on any atom is 0.497 e. The Labute approximate surface area is 201 Å². The van der Waals surface area contributed by atoms with E-state index >= 15 is 0 Å². The fourth-order valence-corrected chi connectivity index (χ4v) is 5.71. The van der Waals surface area contributed by atoms with Crippen LogP contribution in [0.4, 0.5) is 0 Å². The zero-order chi connectivity index (χ0) is 23.6. The van der Waals surface area contributed by atoms with Crippen LogP contribution in [0.3, 0.4) is 0 Å². The molecule has 2 aliphatic heterocycles. The molecule has 3 atom stereocenters. The van der Waals surface area contributed by atoms with Crippen molar-refractivity contribution in [2.75, 3.05) is 20.2 Å². The molecule has 0 N–H and O–H groups in total. The Hall–Kier alpha value is -3.19. The molecule has 0 radical (unpaired) electrons. The largest absolute Gasteiger partial charge is 0.500 e. The monoisotopic (exact) mass is 455 g/mol. The number of nitrogens with zero attached hydrogens (tertiary/aromatic N) is 1. The van der Waals surface area contributed by atoms with Crippen molar-refractivity contribution in [1.29, 1.82) is 0 Å². The van der Waals surface area contributed by atoms with Crippen LogP contribution in [0.25, 0.3) is 0 Å². The molecule has 2 aliphatic rings. The van der Waals surface area contributed by atoms with E-state index in [1.807, 2.05) is 48.4 Å². The molecular weight excluding hydrogens is 425 g/mol. The highest BCUT2D eigenvalue weighted by Crippen LogP contribution is 2.54. The lowest BCUT2D eigenvalue weighted by Gasteiger charge is -2.50. The van der Waals surface area contributed by atoms with Gasteiger partial charge in [0.15, 0.2) is 0 Å². The normalized spacial score (nSPS) is 29.1. The van der Waals surface area contributed by atoms with Gasteiger partial charge in [-0.3, -0.25) is 0 Å². The van der Waals surface area contributed by atoms with Crippen LogP contribution >= 0.6 is 0 Å². The SMILES string of the molecule is COC(=O)/C=C/[B-]12O[C@H](c3ccccc3)C[N+]1([C@H](C)c1ccccc1)C[C@@H](c1ccccc1)O2. The second-order valence-corrected chi connectivity index (χ2v) is 9.24. The van der Waals surface area contributed by atoms with Crippen molar-refractivity contribution in [3.63, 3.8) is 0 Å². The number of ether oxygens (including phenoxy) is 1. The fourth-order valence-electron chi connectivity index (χ4n) is 5.71. The minimum atomic E-state index is -2.02. The summed E-state index contributed by atoms with van der Waals surface area (Å²) >= 11 is 0. The molecule has 5 nitrogen and oxygen atoms in total. The summed E-state index contributed by atoms with van der Waals surface area (Å²) in [7, 11) is 1.39. The first kappa shape index (κ1) is 22.6. The van der Waals surface area contributed by atoms with Gasteiger partial charge < -0.3 is 18.4 Å². The minimum absolute atomic E-state index is 0.0888. The molecule has 174 valence electrons. The molecule has 0 spiro atoms. The lowest BCUT2D eigenvalue weighted by molar-refractivity contribution is -0.854. The first-order valence-corrected chi connectivity index (χ1v) is 11.9. The third-order valence-corrected chi connectivity index (χ3v) is 7.52. The Kier molecular flexibility index (Phi) is 6.13. The number of rotatable bonds is 6. The number of carbonyl (C=O) groups is 1.